The van der Waals surface area contributed by atoms with Crippen LogP contribution >= 0.6 is 11.6 Å². The van der Waals surface area contributed by atoms with Crippen molar-refractivity contribution < 1.29 is 23.9 Å². The lowest BCUT2D eigenvalue weighted by Crippen LogP contribution is -2.41. The highest BCUT2D eigenvalue weighted by Gasteiger charge is 2.26. The molecule has 5 heterocycles. The summed E-state index contributed by atoms with van der Waals surface area (Å²) in [6, 6.07) is 17.8. The van der Waals surface area contributed by atoms with E-state index in [9.17, 15) is 24.3 Å². The average Bonchev–Trinajstić information content (AvgIpc) is 3.75. The number of aromatic nitrogens is 3. The molecule has 2 fully saturated rings. The quantitative estimate of drug-likeness (QED) is 0.148. The van der Waals surface area contributed by atoms with Crippen LogP contribution in [0.4, 0.5) is 9.18 Å². The van der Waals surface area contributed by atoms with Crippen molar-refractivity contribution in [3.63, 3.8) is 0 Å². The van der Waals surface area contributed by atoms with Gasteiger partial charge in [0.25, 0.3) is 5.56 Å². The molecule has 2 atom stereocenters. The highest BCUT2D eigenvalue weighted by atomic mass is 35.5. The SMILES string of the molecule is Cc1c(-c2ccn3c(=O)c(CNC4CNC(=O)C4)cnc3c2)cccc1-c1cccc(-c2ccc(CN(C[C@@H]3CCC(=O)N3)C(=O)O)c(F)n2)c1Cl. The highest BCUT2D eigenvalue weighted by molar-refractivity contribution is 6.36. The zero-order chi connectivity index (χ0) is 36.5. The minimum Gasteiger partial charge on any atom is -0.465 e. The predicted molar refractivity (Wildman–Crippen MR) is 193 cm³/mol. The maximum absolute atomic E-state index is 15.4. The second-order valence-corrected chi connectivity index (χ2v) is 13.5. The minimum atomic E-state index is -1.22. The first-order valence-corrected chi connectivity index (χ1v) is 17.3. The van der Waals surface area contributed by atoms with Gasteiger partial charge in [0.15, 0.2) is 0 Å². The van der Waals surface area contributed by atoms with Gasteiger partial charge in [0.05, 0.1) is 22.8 Å². The van der Waals surface area contributed by atoms with Crippen LogP contribution in [0.2, 0.25) is 5.02 Å². The number of fused-ring (bicyclic) bond motifs is 1. The summed E-state index contributed by atoms with van der Waals surface area (Å²) in [7, 11) is 0. The van der Waals surface area contributed by atoms with E-state index in [1.165, 1.54) is 10.5 Å². The van der Waals surface area contributed by atoms with Gasteiger partial charge in [-0.3, -0.25) is 18.8 Å². The summed E-state index contributed by atoms with van der Waals surface area (Å²) in [5.41, 5.74) is 5.96. The Kier molecular flexibility index (Phi) is 9.71. The number of nitrogens with one attached hydrogen (secondary N) is 3. The van der Waals surface area contributed by atoms with Crippen LogP contribution in [0.5, 0.6) is 0 Å². The first-order chi connectivity index (χ1) is 25.0. The second kappa shape index (κ2) is 14.5. The summed E-state index contributed by atoms with van der Waals surface area (Å²) >= 11 is 7.00. The van der Waals surface area contributed by atoms with Crippen molar-refractivity contribution in [2.45, 2.75) is 51.4 Å². The monoisotopic (exact) mass is 723 g/mol. The number of carbonyl (C=O) groups excluding carboxylic acids is 2. The zero-order valence-electron chi connectivity index (χ0n) is 28.2. The third-order valence-corrected chi connectivity index (χ3v) is 10.0. The Hall–Kier alpha value is -5.66. The zero-order valence-corrected chi connectivity index (χ0v) is 28.9. The van der Waals surface area contributed by atoms with Gasteiger partial charge < -0.3 is 26.0 Å². The van der Waals surface area contributed by atoms with E-state index in [4.69, 9.17) is 11.6 Å². The lowest BCUT2D eigenvalue weighted by molar-refractivity contribution is -0.120. The smallest absolute Gasteiger partial charge is 0.407 e. The molecule has 0 aliphatic carbocycles. The number of rotatable bonds is 10. The second-order valence-electron chi connectivity index (χ2n) is 13.1. The molecule has 2 saturated heterocycles. The molecule has 2 aliphatic heterocycles. The minimum absolute atomic E-state index is 0.0113. The molecule has 5 aromatic rings. The maximum Gasteiger partial charge on any atom is 0.407 e. The molecule has 7 rings (SSSR count). The van der Waals surface area contributed by atoms with Crippen LogP contribution in [0.25, 0.3) is 39.2 Å². The van der Waals surface area contributed by atoms with Crippen LogP contribution in [0.1, 0.15) is 36.0 Å². The molecule has 2 aromatic carbocycles. The number of halogens is 2. The van der Waals surface area contributed by atoms with Crippen LogP contribution in [0, 0.1) is 12.9 Å². The Balaban J connectivity index is 1.13. The number of carbonyl (C=O) groups is 3. The molecule has 1 unspecified atom stereocenters. The Morgan fingerprint density at radius 3 is 2.52 bits per heavy atom. The fourth-order valence-corrected chi connectivity index (χ4v) is 7.14. The van der Waals surface area contributed by atoms with Gasteiger partial charge in [0.1, 0.15) is 5.65 Å². The van der Waals surface area contributed by atoms with E-state index in [-0.39, 0.29) is 48.1 Å². The van der Waals surface area contributed by atoms with Gasteiger partial charge in [-0.25, -0.2) is 14.8 Å². The van der Waals surface area contributed by atoms with Crippen LogP contribution in [-0.2, 0) is 22.7 Å². The molecule has 14 heteroatoms. The normalized spacial score (nSPS) is 17.0. The number of benzene rings is 2. The third-order valence-electron chi connectivity index (χ3n) is 9.63. The summed E-state index contributed by atoms with van der Waals surface area (Å²) in [5, 5.41) is 18.9. The van der Waals surface area contributed by atoms with E-state index in [1.807, 2.05) is 49.4 Å². The molecule has 4 N–H and O–H groups in total. The van der Waals surface area contributed by atoms with Crippen LogP contribution in [0.3, 0.4) is 0 Å². The molecular weight excluding hydrogens is 689 g/mol. The topological polar surface area (TPSA) is 158 Å². The van der Waals surface area contributed by atoms with E-state index >= 15 is 4.39 Å². The summed E-state index contributed by atoms with van der Waals surface area (Å²) in [6.07, 6.45) is 3.28. The van der Waals surface area contributed by atoms with Crippen LogP contribution in [0.15, 0.2) is 77.9 Å². The van der Waals surface area contributed by atoms with E-state index < -0.39 is 12.0 Å². The fourth-order valence-electron chi connectivity index (χ4n) is 6.81. The van der Waals surface area contributed by atoms with Crippen molar-refractivity contribution in [1.82, 2.24) is 35.2 Å². The van der Waals surface area contributed by atoms with Crippen LogP contribution in [-0.4, -0.2) is 67.5 Å². The first-order valence-electron chi connectivity index (χ1n) is 16.9. The number of pyridine rings is 2. The van der Waals surface area contributed by atoms with E-state index in [0.29, 0.717) is 65.4 Å². The Bertz CT molecular complexity index is 2300. The molecule has 3 amide bonds. The molecule has 0 bridgehead atoms. The van der Waals surface area contributed by atoms with Gasteiger partial charge in [0, 0.05) is 73.6 Å². The van der Waals surface area contributed by atoms with Gasteiger partial charge in [-0.2, -0.15) is 4.39 Å². The van der Waals surface area contributed by atoms with Crippen molar-refractivity contribution in [3.8, 4) is 33.5 Å². The molecule has 0 spiro atoms. The van der Waals surface area contributed by atoms with Gasteiger partial charge in [-0.05, 0) is 53.8 Å². The lowest BCUT2D eigenvalue weighted by Gasteiger charge is -2.23. The summed E-state index contributed by atoms with van der Waals surface area (Å²) < 4.78 is 16.9. The third kappa shape index (κ3) is 7.10. The van der Waals surface area contributed by atoms with Crippen LogP contribution < -0.4 is 21.5 Å². The summed E-state index contributed by atoms with van der Waals surface area (Å²) in [4.78, 5) is 58.0. The van der Waals surface area contributed by atoms with Gasteiger partial charge in [0.2, 0.25) is 17.8 Å². The maximum atomic E-state index is 15.4. The van der Waals surface area contributed by atoms with Crippen molar-refractivity contribution in [3.05, 3.63) is 111 Å². The predicted octanol–water partition coefficient (Wildman–Crippen LogP) is 4.93. The van der Waals surface area contributed by atoms with Crippen molar-refractivity contribution in [2.75, 3.05) is 13.1 Å². The lowest BCUT2D eigenvalue weighted by atomic mass is 9.92. The number of hydrogen-bond acceptors (Lipinski definition) is 7. The molecular formula is C38H35ClFN7O5. The Morgan fingerprint density at radius 1 is 1.04 bits per heavy atom. The Morgan fingerprint density at radius 2 is 1.81 bits per heavy atom. The molecule has 266 valence electrons. The van der Waals surface area contributed by atoms with Crippen molar-refractivity contribution in [2.24, 2.45) is 0 Å². The largest absolute Gasteiger partial charge is 0.465 e. The molecule has 12 nitrogen and oxygen atoms in total. The van der Waals surface area contributed by atoms with E-state index in [1.54, 1.807) is 24.5 Å². The fraction of sp³-hybridized carbons (Fsp3) is 0.263. The van der Waals surface area contributed by atoms with Gasteiger partial charge in [-0.1, -0.05) is 54.1 Å². The summed E-state index contributed by atoms with van der Waals surface area (Å²) in [5.74, 6) is -0.952. The molecule has 0 saturated carbocycles. The highest BCUT2D eigenvalue weighted by Crippen LogP contribution is 2.39. The number of nitrogens with zero attached hydrogens (tertiary/aromatic N) is 4. The molecule has 2 aliphatic rings. The standard InChI is InChI=1S/C38H35ClFN7O5/c1-21-27(22-12-13-47-32(14-22)42-17-24(37(47)50)16-41-26-15-34(49)43-18-26)4-2-5-28(21)29-6-3-7-30(35(29)39)31-10-8-23(36(40)45-31)19-46(38(51)52)20-25-9-11-33(48)44-25/h2-8,10,12-14,17,25-26,41H,9,11,15-16,18-20H2,1H3,(H,43,49)(H,44,48)(H,51,52)/t25-,26?/m0/s1. The molecule has 52 heavy (non-hydrogen) atoms. The van der Waals surface area contributed by atoms with Crippen molar-refractivity contribution >= 4 is 35.2 Å². The number of carboxylic acid groups (broad SMARTS) is 1. The van der Waals surface area contributed by atoms with Gasteiger partial charge in [-0.15, -0.1) is 0 Å². The number of hydrogen-bond donors (Lipinski definition) is 4. The van der Waals surface area contributed by atoms with E-state index in [2.05, 4.69) is 25.9 Å². The van der Waals surface area contributed by atoms with Crippen molar-refractivity contribution in [1.29, 1.82) is 0 Å². The average molecular weight is 724 g/mol. The number of amides is 3. The first kappa shape index (κ1) is 34.8. The van der Waals surface area contributed by atoms with Gasteiger partial charge >= 0.3 is 6.09 Å². The molecule has 0 radical (unpaired) electrons. The molecule has 3 aromatic heterocycles. The summed E-state index contributed by atoms with van der Waals surface area (Å²) in [6.45, 7) is 2.63. The van der Waals surface area contributed by atoms with E-state index in [0.717, 1.165) is 27.2 Å². The Labute approximate surface area is 302 Å².